The molecule has 0 radical (unpaired) electrons. The minimum absolute atomic E-state index is 0.0431. The summed E-state index contributed by atoms with van der Waals surface area (Å²) in [6, 6.07) is 3.37. The first-order chi connectivity index (χ1) is 9.81. The van der Waals surface area contributed by atoms with E-state index in [1.807, 2.05) is 13.8 Å². The summed E-state index contributed by atoms with van der Waals surface area (Å²) < 4.78 is 0. The summed E-state index contributed by atoms with van der Waals surface area (Å²) in [7, 11) is 0. The Balaban J connectivity index is 2.66. The number of hydrogen-bond donors (Lipinski definition) is 3. The molecule has 1 heterocycles. The van der Waals surface area contributed by atoms with E-state index in [0.29, 0.717) is 12.5 Å². The van der Waals surface area contributed by atoms with Crippen molar-refractivity contribution in [1.29, 1.82) is 0 Å². The lowest BCUT2D eigenvalue weighted by molar-refractivity contribution is -0.122. The Morgan fingerprint density at radius 1 is 1.19 bits per heavy atom. The number of aromatic carboxylic acids is 1. The fraction of sp³-hybridized carbons (Fsp3) is 0.429. The van der Waals surface area contributed by atoms with Gasteiger partial charge < -0.3 is 15.7 Å². The van der Waals surface area contributed by atoms with E-state index in [9.17, 15) is 14.4 Å². The highest BCUT2D eigenvalue weighted by Gasteiger charge is 2.18. The van der Waals surface area contributed by atoms with E-state index in [2.05, 4.69) is 15.6 Å². The highest BCUT2D eigenvalue weighted by molar-refractivity contribution is 5.97. The van der Waals surface area contributed by atoms with Crippen molar-refractivity contribution in [3.8, 4) is 0 Å². The van der Waals surface area contributed by atoms with Crippen molar-refractivity contribution in [3.05, 3.63) is 29.6 Å². The average molecular weight is 293 g/mol. The van der Waals surface area contributed by atoms with Crippen LogP contribution in [0.5, 0.6) is 0 Å². The molecular weight excluding hydrogens is 274 g/mol. The maximum Gasteiger partial charge on any atom is 0.354 e. The topological polar surface area (TPSA) is 108 Å². The molecule has 1 rings (SSSR count). The number of aromatic nitrogens is 1. The summed E-state index contributed by atoms with van der Waals surface area (Å²) in [6.45, 7) is 6.00. The van der Waals surface area contributed by atoms with E-state index < -0.39 is 17.9 Å². The minimum atomic E-state index is -1.22. The van der Waals surface area contributed by atoms with Crippen molar-refractivity contribution in [2.24, 2.45) is 5.92 Å². The second kappa shape index (κ2) is 7.37. The molecule has 3 N–H and O–H groups in total. The molecule has 0 aliphatic carbocycles. The lowest BCUT2D eigenvalue weighted by atomic mass is 10.2. The van der Waals surface area contributed by atoms with E-state index in [1.54, 1.807) is 6.92 Å². The molecule has 0 bridgehead atoms. The number of nitrogens with one attached hydrogen (secondary N) is 2. The molecule has 0 saturated heterocycles. The van der Waals surface area contributed by atoms with Gasteiger partial charge in [-0.15, -0.1) is 0 Å². The van der Waals surface area contributed by atoms with Gasteiger partial charge in [0.2, 0.25) is 5.91 Å². The molecule has 2 amide bonds. The van der Waals surface area contributed by atoms with Crippen molar-refractivity contribution in [2.75, 3.05) is 6.54 Å². The van der Waals surface area contributed by atoms with Crippen LogP contribution in [0.1, 0.15) is 41.7 Å². The number of pyridine rings is 1. The maximum absolute atomic E-state index is 11.9. The van der Waals surface area contributed by atoms with Gasteiger partial charge in [0.25, 0.3) is 5.91 Å². The molecule has 21 heavy (non-hydrogen) atoms. The van der Waals surface area contributed by atoms with Crippen molar-refractivity contribution in [3.63, 3.8) is 0 Å². The second-order valence-electron chi connectivity index (χ2n) is 5.05. The number of nitrogens with zero attached hydrogens (tertiary/aromatic N) is 1. The van der Waals surface area contributed by atoms with E-state index in [4.69, 9.17) is 5.11 Å². The Morgan fingerprint density at radius 3 is 2.38 bits per heavy atom. The molecule has 1 aromatic heterocycles. The second-order valence-corrected chi connectivity index (χ2v) is 5.05. The SMILES string of the molecule is CC(C)CNC(=O)C(C)NC(=O)c1cccc(C(=O)O)n1. The monoisotopic (exact) mass is 293 g/mol. The molecule has 0 fully saturated rings. The van der Waals surface area contributed by atoms with E-state index >= 15 is 0 Å². The lowest BCUT2D eigenvalue weighted by Crippen LogP contribution is -2.45. The number of rotatable bonds is 6. The van der Waals surface area contributed by atoms with Crippen molar-refractivity contribution < 1.29 is 19.5 Å². The first-order valence-electron chi connectivity index (χ1n) is 6.60. The Bertz CT molecular complexity index is 543. The average Bonchev–Trinajstić information content (AvgIpc) is 2.44. The molecule has 1 atom stereocenters. The zero-order valence-electron chi connectivity index (χ0n) is 12.2. The third-order valence-corrected chi connectivity index (χ3v) is 2.63. The van der Waals surface area contributed by atoms with Crippen LogP contribution < -0.4 is 10.6 Å². The zero-order chi connectivity index (χ0) is 16.0. The van der Waals surface area contributed by atoms with Crippen LogP contribution >= 0.6 is 0 Å². The fourth-order valence-corrected chi connectivity index (χ4v) is 1.47. The molecule has 7 heteroatoms. The number of amides is 2. The third-order valence-electron chi connectivity index (χ3n) is 2.63. The van der Waals surface area contributed by atoms with Crippen LogP contribution in [0.4, 0.5) is 0 Å². The number of carboxylic acid groups (broad SMARTS) is 1. The number of carbonyl (C=O) groups is 3. The summed E-state index contributed by atoms with van der Waals surface area (Å²) in [4.78, 5) is 38.2. The van der Waals surface area contributed by atoms with Gasteiger partial charge in [-0.05, 0) is 25.0 Å². The first kappa shape index (κ1) is 16.6. The summed E-state index contributed by atoms with van der Waals surface area (Å²) in [5.41, 5.74) is -0.266. The van der Waals surface area contributed by atoms with Gasteiger partial charge in [-0.1, -0.05) is 19.9 Å². The van der Waals surface area contributed by atoms with Gasteiger partial charge in [0.05, 0.1) is 0 Å². The highest BCUT2D eigenvalue weighted by Crippen LogP contribution is 2.00. The lowest BCUT2D eigenvalue weighted by Gasteiger charge is -2.15. The number of carboxylic acids is 1. The van der Waals surface area contributed by atoms with Crippen LogP contribution in [0.15, 0.2) is 18.2 Å². The van der Waals surface area contributed by atoms with E-state index in [0.717, 1.165) is 0 Å². The van der Waals surface area contributed by atoms with Crippen molar-refractivity contribution >= 4 is 17.8 Å². The summed E-state index contributed by atoms with van der Waals surface area (Å²) in [5, 5.41) is 14.0. The minimum Gasteiger partial charge on any atom is -0.477 e. The summed E-state index contributed by atoms with van der Waals surface area (Å²) in [5.74, 6) is -1.80. The van der Waals surface area contributed by atoms with Gasteiger partial charge in [-0.2, -0.15) is 0 Å². The van der Waals surface area contributed by atoms with E-state index in [-0.39, 0.29) is 17.3 Å². The Kier molecular flexibility index (Phi) is 5.83. The van der Waals surface area contributed by atoms with Gasteiger partial charge in [0.15, 0.2) is 0 Å². The number of hydrogen-bond acceptors (Lipinski definition) is 4. The van der Waals surface area contributed by atoms with Crippen LogP contribution in [0, 0.1) is 5.92 Å². The van der Waals surface area contributed by atoms with Gasteiger partial charge in [-0.25, -0.2) is 9.78 Å². The Labute approximate surface area is 122 Å². The van der Waals surface area contributed by atoms with Gasteiger partial charge in [0, 0.05) is 6.54 Å². The van der Waals surface area contributed by atoms with Crippen LogP contribution in [0.3, 0.4) is 0 Å². The van der Waals surface area contributed by atoms with Gasteiger partial charge in [0.1, 0.15) is 17.4 Å². The largest absolute Gasteiger partial charge is 0.477 e. The molecular formula is C14H19N3O4. The van der Waals surface area contributed by atoms with Crippen molar-refractivity contribution in [1.82, 2.24) is 15.6 Å². The molecule has 0 aromatic carbocycles. The van der Waals surface area contributed by atoms with Crippen LogP contribution in [0.25, 0.3) is 0 Å². The smallest absolute Gasteiger partial charge is 0.354 e. The fourth-order valence-electron chi connectivity index (χ4n) is 1.47. The Morgan fingerprint density at radius 2 is 1.81 bits per heavy atom. The first-order valence-corrected chi connectivity index (χ1v) is 6.60. The zero-order valence-corrected chi connectivity index (χ0v) is 12.2. The third kappa shape index (κ3) is 5.21. The molecule has 114 valence electrons. The van der Waals surface area contributed by atoms with Crippen LogP contribution in [-0.2, 0) is 4.79 Å². The summed E-state index contributed by atoms with van der Waals surface area (Å²) in [6.07, 6.45) is 0. The van der Waals surface area contributed by atoms with Gasteiger partial charge in [-0.3, -0.25) is 9.59 Å². The van der Waals surface area contributed by atoms with Gasteiger partial charge >= 0.3 is 5.97 Å². The van der Waals surface area contributed by atoms with Crippen LogP contribution in [0.2, 0.25) is 0 Å². The summed E-state index contributed by atoms with van der Waals surface area (Å²) >= 11 is 0. The molecule has 0 spiro atoms. The highest BCUT2D eigenvalue weighted by atomic mass is 16.4. The molecule has 0 aliphatic heterocycles. The van der Waals surface area contributed by atoms with Crippen LogP contribution in [-0.4, -0.2) is 40.5 Å². The quantitative estimate of drug-likeness (QED) is 0.714. The standard InChI is InChI=1S/C14H19N3O4/c1-8(2)7-15-12(18)9(3)16-13(19)10-5-4-6-11(17-10)14(20)21/h4-6,8-9H,7H2,1-3H3,(H,15,18)(H,16,19)(H,20,21). The molecule has 0 aliphatic rings. The normalized spacial score (nSPS) is 11.8. The van der Waals surface area contributed by atoms with Crippen molar-refractivity contribution in [2.45, 2.75) is 26.8 Å². The maximum atomic E-state index is 11.9. The molecule has 0 saturated carbocycles. The predicted molar refractivity (Wildman–Crippen MR) is 76.0 cm³/mol. The molecule has 1 aromatic rings. The van der Waals surface area contributed by atoms with E-state index in [1.165, 1.54) is 18.2 Å². The number of carbonyl (C=O) groups excluding carboxylic acids is 2. The predicted octanol–water partition coefficient (Wildman–Crippen LogP) is 0.670. The molecule has 1 unspecified atom stereocenters. The Hall–Kier alpha value is -2.44. The molecule has 7 nitrogen and oxygen atoms in total.